The number of hydrogen-bond acceptors (Lipinski definition) is 3. The average Bonchev–Trinajstić information content (AvgIpc) is 2.16. The first-order valence-corrected chi connectivity index (χ1v) is 5.49. The van der Waals surface area contributed by atoms with Crippen LogP contribution in [0.15, 0.2) is 0 Å². The van der Waals surface area contributed by atoms with Gasteiger partial charge in [0, 0.05) is 0 Å². The fourth-order valence-electron chi connectivity index (χ4n) is 1.57. The summed E-state index contributed by atoms with van der Waals surface area (Å²) in [6, 6.07) is 0. The molecule has 0 heterocycles. The molecule has 14 heavy (non-hydrogen) atoms. The van der Waals surface area contributed by atoms with Crippen molar-refractivity contribution < 1.29 is 14.6 Å². The van der Waals surface area contributed by atoms with Gasteiger partial charge in [-0.15, -0.1) is 0 Å². The van der Waals surface area contributed by atoms with Crippen LogP contribution in [0.4, 0.5) is 0 Å². The Kier molecular flexibility index (Phi) is 7.48. The van der Waals surface area contributed by atoms with E-state index in [1.54, 1.807) is 6.92 Å². The van der Waals surface area contributed by atoms with Gasteiger partial charge in [-0.2, -0.15) is 0 Å². The summed E-state index contributed by atoms with van der Waals surface area (Å²) in [5, 5.41) is 9.66. The van der Waals surface area contributed by atoms with Crippen molar-refractivity contribution in [2.45, 2.75) is 52.6 Å². The predicted octanol–water partition coefficient (Wildman–Crippen LogP) is 2.13. The molecule has 0 aliphatic rings. The lowest BCUT2D eigenvalue weighted by molar-refractivity contribution is -0.145. The molecule has 0 rings (SSSR count). The van der Waals surface area contributed by atoms with Gasteiger partial charge in [-0.05, 0) is 25.7 Å². The molecule has 0 aliphatic carbocycles. The van der Waals surface area contributed by atoms with E-state index in [4.69, 9.17) is 4.74 Å². The van der Waals surface area contributed by atoms with E-state index >= 15 is 0 Å². The van der Waals surface area contributed by atoms with Gasteiger partial charge in [-0.25, -0.2) is 0 Å². The van der Waals surface area contributed by atoms with Crippen molar-refractivity contribution >= 4 is 5.97 Å². The Hall–Kier alpha value is -0.570. The normalized spacial score (nSPS) is 14.9. The summed E-state index contributed by atoms with van der Waals surface area (Å²) < 4.78 is 4.86. The second-order valence-electron chi connectivity index (χ2n) is 3.53. The maximum absolute atomic E-state index is 11.2. The van der Waals surface area contributed by atoms with Gasteiger partial charge in [0.2, 0.25) is 0 Å². The standard InChI is InChI=1S/C11H22O3/c1-4-7-9(10(12)5-2)8-11(13)14-6-3/h9-10,12H,4-8H2,1-3H3. The van der Waals surface area contributed by atoms with Crippen molar-refractivity contribution in [3.05, 3.63) is 0 Å². The molecule has 0 saturated carbocycles. The third-order valence-corrected chi connectivity index (χ3v) is 2.36. The first kappa shape index (κ1) is 13.4. The van der Waals surface area contributed by atoms with E-state index in [0.29, 0.717) is 19.4 Å². The van der Waals surface area contributed by atoms with Crippen LogP contribution in [0.3, 0.4) is 0 Å². The fraction of sp³-hybridized carbons (Fsp3) is 0.909. The summed E-state index contributed by atoms with van der Waals surface area (Å²) in [6.07, 6.45) is 2.54. The molecule has 3 nitrogen and oxygen atoms in total. The molecular weight excluding hydrogens is 180 g/mol. The van der Waals surface area contributed by atoms with Crippen LogP contribution in [0.5, 0.6) is 0 Å². The second-order valence-corrected chi connectivity index (χ2v) is 3.53. The molecule has 0 spiro atoms. The smallest absolute Gasteiger partial charge is 0.306 e. The summed E-state index contributed by atoms with van der Waals surface area (Å²) in [4.78, 5) is 11.2. The lowest BCUT2D eigenvalue weighted by Gasteiger charge is -2.20. The zero-order chi connectivity index (χ0) is 11.0. The Labute approximate surface area is 86.5 Å². The minimum atomic E-state index is -0.376. The monoisotopic (exact) mass is 202 g/mol. The van der Waals surface area contributed by atoms with Crippen LogP contribution in [0, 0.1) is 5.92 Å². The first-order valence-electron chi connectivity index (χ1n) is 5.49. The predicted molar refractivity (Wildman–Crippen MR) is 55.9 cm³/mol. The van der Waals surface area contributed by atoms with Crippen LogP contribution < -0.4 is 0 Å². The summed E-state index contributed by atoms with van der Waals surface area (Å²) >= 11 is 0. The maximum atomic E-state index is 11.2. The number of rotatable bonds is 7. The van der Waals surface area contributed by atoms with E-state index < -0.39 is 0 Å². The highest BCUT2D eigenvalue weighted by Crippen LogP contribution is 2.18. The van der Waals surface area contributed by atoms with E-state index in [2.05, 4.69) is 6.92 Å². The number of aliphatic hydroxyl groups is 1. The summed E-state index contributed by atoms with van der Waals surface area (Å²) in [5.41, 5.74) is 0. The van der Waals surface area contributed by atoms with Crippen LogP contribution >= 0.6 is 0 Å². The van der Waals surface area contributed by atoms with Crippen molar-refractivity contribution in [2.24, 2.45) is 5.92 Å². The van der Waals surface area contributed by atoms with Crippen LogP contribution in [0.1, 0.15) is 46.5 Å². The zero-order valence-electron chi connectivity index (χ0n) is 9.45. The Morgan fingerprint density at radius 2 is 2.00 bits per heavy atom. The quantitative estimate of drug-likeness (QED) is 0.643. The maximum Gasteiger partial charge on any atom is 0.306 e. The third-order valence-electron chi connectivity index (χ3n) is 2.36. The number of aliphatic hydroxyl groups excluding tert-OH is 1. The largest absolute Gasteiger partial charge is 0.466 e. The Balaban J connectivity index is 4.01. The molecule has 0 saturated heterocycles. The molecule has 84 valence electrons. The molecule has 0 aliphatic heterocycles. The number of esters is 1. The number of hydrogen-bond donors (Lipinski definition) is 1. The highest BCUT2D eigenvalue weighted by Gasteiger charge is 2.20. The molecule has 0 aromatic carbocycles. The summed E-state index contributed by atoms with van der Waals surface area (Å²) in [5.74, 6) is -0.137. The van der Waals surface area contributed by atoms with Crippen LogP contribution in [-0.4, -0.2) is 23.8 Å². The number of ether oxygens (including phenoxy) is 1. The molecule has 0 aromatic rings. The lowest BCUT2D eigenvalue weighted by Crippen LogP contribution is -2.23. The van der Waals surface area contributed by atoms with Gasteiger partial charge in [-0.1, -0.05) is 20.3 Å². The molecule has 0 radical (unpaired) electrons. The lowest BCUT2D eigenvalue weighted by atomic mass is 9.92. The molecule has 0 amide bonds. The van der Waals surface area contributed by atoms with E-state index in [-0.39, 0.29) is 18.0 Å². The SMILES string of the molecule is CCCC(CC(=O)OCC)C(O)CC. The Bertz CT molecular complexity index is 157. The molecule has 0 fully saturated rings. The van der Waals surface area contributed by atoms with Gasteiger partial charge in [0.15, 0.2) is 0 Å². The third kappa shape index (κ3) is 5.22. The molecule has 0 bridgehead atoms. The van der Waals surface area contributed by atoms with Crippen LogP contribution in [0.25, 0.3) is 0 Å². The Morgan fingerprint density at radius 1 is 1.36 bits per heavy atom. The van der Waals surface area contributed by atoms with E-state index in [1.807, 2.05) is 6.92 Å². The molecule has 3 heteroatoms. The summed E-state index contributed by atoms with van der Waals surface area (Å²) in [7, 11) is 0. The van der Waals surface area contributed by atoms with Crippen molar-refractivity contribution in [3.8, 4) is 0 Å². The van der Waals surface area contributed by atoms with Gasteiger partial charge in [0.25, 0.3) is 0 Å². The minimum Gasteiger partial charge on any atom is -0.466 e. The Morgan fingerprint density at radius 3 is 2.43 bits per heavy atom. The van der Waals surface area contributed by atoms with E-state index in [0.717, 1.165) is 12.8 Å². The zero-order valence-corrected chi connectivity index (χ0v) is 9.45. The molecular formula is C11H22O3. The minimum absolute atomic E-state index is 0.0593. The number of carbonyl (C=O) groups excluding carboxylic acids is 1. The van der Waals surface area contributed by atoms with Crippen molar-refractivity contribution in [3.63, 3.8) is 0 Å². The van der Waals surface area contributed by atoms with Gasteiger partial charge in [0.1, 0.15) is 0 Å². The van der Waals surface area contributed by atoms with E-state index in [9.17, 15) is 9.90 Å². The van der Waals surface area contributed by atoms with E-state index in [1.165, 1.54) is 0 Å². The average molecular weight is 202 g/mol. The van der Waals surface area contributed by atoms with Gasteiger partial charge >= 0.3 is 5.97 Å². The molecule has 2 unspecified atom stereocenters. The van der Waals surface area contributed by atoms with Gasteiger partial charge in [-0.3, -0.25) is 4.79 Å². The number of carbonyl (C=O) groups is 1. The highest BCUT2D eigenvalue weighted by atomic mass is 16.5. The van der Waals surface area contributed by atoms with Gasteiger partial charge < -0.3 is 9.84 Å². The van der Waals surface area contributed by atoms with Crippen molar-refractivity contribution in [1.82, 2.24) is 0 Å². The second kappa shape index (κ2) is 7.80. The molecule has 0 aromatic heterocycles. The summed E-state index contributed by atoms with van der Waals surface area (Å²) in [6.45, 7) is 6.20. The molecule has 1 N–H and O–H groups in total. The first-order chi connectivity index (χ1) is 6.65. The highest BCUT2D eigenvalue weighted by molar-refractivity contribution is 5.69. The van der Waals surface area contributed by atoms with Crippen molar-refractivity contribution in [2.75, 3.05) is 6.61 Å². The van der Waals surface area contributed by atoms with Crippen LogP contribution in [0.2, 0.25) is 0 Å². The molecule has 2 atom stereocenters. The topological polar surface area (TPSA) is 46.5 Å². The van der Waals surface area contributed by atoms with Crippen LogP contribution in [-0.2, 0) is 9.53 Å². The fourth-order valence-corrected chi connectivity index (χ4v) is 1.57. The van der Waals surface area contributed by atoms with Gasteiger partial charge in [0.05, 0.1) is 19.1 Å². The van der Waals surface area contributed by atoms with Crippen molar-refractivity contribution in [1.29, 1.82) is 0 Å².